The smallest absolute Gasteiger partial charge is 0.269 e. The predicted octanol–water partition coefficient (Wildman–Crippen LogP) is 2.84. The topological polar surface area (TPSA) is 114 Å². The highest BCUT2D eigenvalue weighted by atomic mass is 16.5. The molecule has 3 aromatic heterocycles. The normalized spacial score (nSPS) is 16.0. The summed E-state index contributed by atoms with van der Waals surface area (Å²) >= 11 is 0. The number of aryl methyl sites for hydroxylation is 3. The Hall–Kier alpha value is -3.62. The number of hydrogen-bond donors (Lipinski definition) is 1. The molecule has 9 heteroatoms. The van der Waals surface area contributed by atoms with Crippen molar-refractivity contribution in [2.45, 2.75) is 45.4 Å². The molecule has 1 aliphatic rings. The molecule has 0 radical (unpaired) electrons. The monoisotopic (exact) mass is 448 g/mol. The van der Waals surface area contributed by atoms with E-state index in [0.717, 1.165) is 41.9 Å². The molecule has 1 fully saturated rings. The number of aromatic nitrogens is 4. The zero-order valence-corrected chi connectivity index (χ0v) is 19.2. The summed E-state index contributed by atoms with van der Waals surface area (Å²) in [6.07, 6.45) is 4.43. The third-order valence-electron chi connectivity index (χ3n) is 5.84. The van der Waals surface area contributed by atoms with Crippen LogP contribution in [0.25, 0.3) is 11.1 Å². The lowest BCUT2D eigenvalue weighted by molar-refractivity contribution is -0.132. The van der Waals surface area contributed by atoms with Crippen molar-refractivity contribution in [2.24, 2.45) is 0 Å². The maximum absolute atomic E-state index is 12.8. The fourth-order valence-electron chi connectivity index (χ4n) is 4.16. The van der Waals surface area contributed by atoms with E-state index in [0.29, 0.717) is 36.8 Å². The van der Waals surface area contributed by atoms with Crippen molar-refractivity contribution in [3.8, 4) is 11.1 Å². The molecule has 0 bridgehead atoms. The van der Waals surface area contributed by atoms with Gasteiger partial charge in [0.1, 0.15) is 5.69 Å². The summed E-state index contributed by atoms with van der Waals surface area (Å²) in [5.41, 5.74) is 4.19. The van der Waals surface area contributed by atoms with E-state index < -0.39 is 0 Å². The van der Waals surface area contributed by atoms with Crippen molar-refractivity contribution in [3.05, 3.63) is 59.3 Å². The van der Waals surface area contributed by atoms with Gasteiger partial charge in [0.05, 0.1) is 0 Å². The Kier molecular flexibility index (Phi) is 6.76. The minimum Gasteiger partial charge on any atom is -0.354 e. The van der Waals surface area contributed by atoms with Crippen LogP contribution in [0.2, 0.25) is 0 Å². The van der Waals surface area contributed by atoms with Gasteiger partial charge in [-0.05, 0) is 50.5 Å². The molecule has 2 amide bonds. The molecule has 1 aliphatic heterocycles. The van der Waals surface area contributed by atoms with Crippen molar-refractivity contribution >= 4 is 11.8 Å². The van der Waals surface area contributed by atoms with Gasteiger partial charge in [-0.15, -0.1) is 0 Å². The minimum absolute atomic E-state index is 0.0948. The van der Waals surface area contributed by atoms with Crippen LogP contribution in [-0.2, 0) is 11.2 Å². The summed E-state index contributed by atoms with van der Waals surface area (Å²) in [6, 6.07) is 7.70. The molecule has 1 unspecified atom stereocenters. The van der Waals surface area contributed by atoms with Crippen LogP contribution in [0.15, 0.2) is 35.0 Å². The summed E-state index contributed by atoms with van der Waals surface area (Å²) in [5, 5.41) is 6.35. The fraction of sp³-hybridized carbons (Fsp3) is 0.417. The van der Waals surface area contributed by atoms with E-state index in [1.807, 2.05) is 24.0 Å². The Balaban J connectivity index is 1.46. The Labute approximate surface area is 192 Å². The van der Waals surface area contributed by atoms with Gasteiger partial charge in [-0.1, -0.05) is 11.2 Å². The van der Waals surface area contributed by atoms with Crippen molar-refractivity contribution in [2.75, 3.05) is 20.1 Å². The second-order valence-electron chi connectivity index (χ2n) is 8.35. The van der Waals surface area contributed by atoms with Crippen LogP contribution in [0.3, 0.4) is 0 Å². The van der Waals surface area contributed by atoms with Crippen LogP contribution in [0.4, 0.5) is 0 Å². The van der Waals surface area contributed by atoms with Gasteiger partial charge in [0.15, 0.2) is 5.82 Å². The summed E-state index contributed by atoms with van der Waals surface area (Å²) in [4.78, 5) is 39.7. The number of piperidine rings is 1. The van der Waals surface area contributed by atoms with E-state index in [9.17, 15) is 9.59 Å². The van der Waals surface area contributed by atoms with Crippen LogP contribution in [0.5, 0.6) is 0 Å². The van der Waals surface area contributed by atoms with Crippen molar-refractivity contribution in [1.82, 2.24) is 30.3 Å². The maximum Gasteiger partial charge on any atom is 0.269 e. The number of rotatable bonds is 6. The molecule has 1 saturated heterocycles. The second kappa shape index (κ2) is 9.89. The quantitative estimate of drug-likeness (QED) is 0.617. The molecule has 1 atom stereocenters. The van der Waals surface area contributed by atoms with Crippen molar-refractivity contribution in [3.63, 3.8) is 0 Å². The predicted molar refractivity (Wildman–Crippen MR) is 122 cm³/mol. The average Bonchev–Trinajstić information content (AvgIpc) is 3.26. The van der Waals surface area contributed by atoms with E-state index >= 15 is 0 Å². The van der Waals surface area contributed by atoms with Gasteiger partial charge < -0.3 is 14.7 Å². The SMILES string of the molecule is CNC(=O)c1ccc(-c2cc(C)nc(C3CCCN(C(=O)CCc4nc(C)no4)C3)c2)cn1. The highest BCUT2D eigenvalue weighted by Gasteiger charge is 2.26. The second-order valence-corrected chi connectivity index (χ2v) is 8.35. The molecule has 9 nitrogen and oxygen atoms in total. The van der Waals surface area contributed by atoms with Gasteiger partial charge in [-0.25, -0.2) is 0 Å². The Morgan fingerprint density at radius 2 is 2.03 bits per heavy atom. The standard InChI is InChI=1S/C24H28N6O3/c1-15-11-19(17-6-7-20(26-13-17)24(32)25-3)12-21(27-15)18-5-4-10-30(14-18)23(31)9-8-22-28-16(2)29-33-22/h6-7,11-13,18H,4-5,8-10,14H2,1-3H3,(H,25,32). The minimum atomic E-state index is -0.214. The number of amides is 2. The first-order valence-corrected chi connectivity index (χ1v) is 11.2. The molecule has 1 N–H and O–H groups in total. The van der Waals surface area contributed by atoms with Crippen LogP contribution in [-0.4, -0.2) is 57.0 Å². The molecule has 4 heterocycles. The molecule has 0 aromatic carbocycles. The molecule has 33 heavy (non-hydrogen) atoms. The highest BCUT2D eigenvalue weighted by molar-refractivity contribution is 5.92. The number of carbonyl (C=O) groups excluding carboxylic acids is 2. The van der Waals surface area contributed by atoms with Gasteiger partial charge in [-0.2, -0.15) is 4.98 Å². The summed E-state index contributed by atoms with van der Waals surface area (Å²) in [7, 11) is 1.58. The van der Waals surface area contributed by atoms with E-state index in [-0.39, 0.29) is 17.7 Å². The van der Waals surface area contributed by atoms with Crippen molar-refractivity contribution in [1.29, 1.82) is 0 Å². The van der Waals surface area contributed by atoms with Gasteiger partial charge in [0.25, 0.3) is 5.91 Å². The molecule has 172 valence electrons. The summed E-state index contributed by atoms with van der Waals surface area (Å²) in [5.74, 6) is 1.13. The highest BCUT2D eigenvalue weighted by Crippen LogP contribution is 2.30. The number of likely N-dealkylation sites (tertiary alicyclic amines) is 1. The lowest BCUT2D eigenvalue weighted by atomic mass is 9.92. The third kappa shape index (κ3) is 5.42. The molecule has 0 aliphatic carbocycles. The van der Waals surface area contributed by atoms with Crippen LogP contribution in [0, 0.1) is 13.8 Å². The Morgan fingerprint density at radius 1 is 1.18 bits per heavy atom. The van der Waals surface area contributed by atoms with Gasteiger partial charge in [0, 0.05) is 62.0 Å². The maximum atomic E-state index is 12.8. The number of pyridine rings is 2. The molecule has 0 spiro atoms. The molecular weight excluding hydrogens is 420 g/mol. The zero-order valence-electron chi connectivity index (χ0n) is 19.2. The molecule has 3 aromatic rings. The van der Waals surface area contributed by atoms with E-state index in [1.54, 1.807) is 26.2 Å². The Bertz CT molecular complexity index is 1140. The lowest BCUT2D eigenvalue weighted by Crippen LogP contribution is -2.39. The van der Waals surface area contributed by atoms with E-state index in [2.05, 4.69) is 26.5 Å². The fourth-order valence-corrected chi connectivity index (χ4v) is 4.16. The first-order valence-electron chi connectivity index (χ1n) is 11.2. The van der Waals surface area contributed by atoms with Crippen LogP contribution >= 0.6 is 0 Å². The molecule has 0 saturated carbocycles. The van der Waals surface area contributed by atoms with Gasteiger partial charge in [0.2, 0.25) is 11.8 Å². The van der Waals surface area contributed by atoms with E-state index in [4.69, 9.17) is 9.51 Å². The van der Waals surface area contributed by atoms with E-state index in [1.165, 1.54) is 0 Å². The van der Waals surface area contributed by atoms with Gasteiger partial charge >= 0.3 is 0 Å². The van der Waals surface area contributed by atoms with Gasteiger partial charge in [-0.3, -0.25) is 19.6 Å². The largest absolute Gasteiger partial charge is 0.354 e. The third-order valence-corrected chi connectivity index (χ3v) is 5.84. The average molecular weight is 449 g/mol. The summed E-state index contributed by atoms with van der Waals surface area (Å²) < 4.78 is 5.12. The first-order chi connectivity index (χ1) is 15.9. The zero-order chi connectivity index (χ0) is 23.4. The first kappa shape index (κ1) is 22.6. The lowest BCUT2D eigenvalue weighted by Gasteiger charge is -2.33. The summed E-state index contributed by atoms with van der Waals surface area (Å²) in [6.45, 7) is 5.13. The number of nitrogens with one attached hydrogen (secondary N) is 1. The molecular formula is C24H28N6O3. The number of nitrogens with zero attached hydrogens (tertiary/aromatic N) is 5. The van der Waals surface area contributed by atoms with Crippen LogP contribution in [0.1, 0.15) is 58.8 Å². The van der Waals surface area contributed by atoms with Crippen molar-refractivity contribution < 1.29 is 14.1 Å². The number of hydrogen-bond acceptors (Lipinski definition) is 7. The number of carbonyl (C=O) groups is 2. The Morgan fingerprint density at radius 3 is 2.73 bits per heavy atom. The van der Waals surface area contributed by atoms with Crippen LogP contribution < -0.4 is 5.32 Å². The molecule has 4 rings (SSSR count).